The van der Waals surface area contributed by atoms with Crippen LogP contribution < -0.4 is 9.47 Å². The van der Waals surface area contributed by atoms with Crippen LogP contribution in [0.25, 0.3) is 0 Å². The highest BCUT2D eigenvalue weighted by atomic mass is 19.4. The number of rotatable bonds is 4. The van der Waals surface area contributed by atoms with Gasteiger partial charge in [-0.15, -0.1) is 0 Å². The molecule has 0 spiro atoms. The van der Waals surface area contributed by atoms with Crippen LogP contribution in [-0.4, -0.2) is 24.3 Å². The van der Waals surface area contributed by atoms with Crippen LogP contribution in [0.4, 0.5) is 18.9 Å². The van der Waals surface area contributed by atoms with Crippen molar-refractivity contribution in [1.82, 2.24) is 0 Å². The van der Waals surface area contributed by atoms with Gasteiger partial charge in [-0.3, -0.25) is 10.1 Å². The highest BCUT2D eigenvalue weighted by Crippen LogP contribution is 2.39. The van der Waals surface area contributed by atoms with Gasteiger partial charge in [0.1, 0.15) is 5.75 Å². The second kappa shape index (κ2) is 6.41. The van der Waals surface area contributed by atoms with Gasteiger partial charge in [-0.05, 0) is 37.8 Å². The first-order chi connectivity index (χ1) is 10.3. The molecule has 1 fully saturated rings. The Morgan fingerprint density at radius 3 is 2.64 bits per heavy atom. The van der Waals surface area contributed by atoms with E-state index < -0.39 is 23.1 Å². The van der Waals surface area contributed by atoms with Crippen molar-refractivity contribution < 1.29 is 27.6 Å². The minimum atomic E-state index is -4.23. The summed E-state index contributed by atoms with van der Waals surface area (Å²) < 4.78 is 48.7. The molecule has 2 rings (SSSR count). The number of nitrogens with zero attached hydrogens (tertiary/aromatic N) is 1. The molecule has 0 amide bonds. The largest absolute Gasteiger partial charge is 0.490 e. The lowest BCUT2D eigenvalue weighted by molar-refractivity contribution is -0.385. The summed E-state index contributed by atoms with van der Waals surface area (Å²) in [6.07, 6.45) is -3.91. The molecule has 22 heavy (non-hydrogen) atoms. The van der Waals surface area contributed by atoms with Crippen LogP contribution >= 0.6 is 0 Å². The van der Waals surface area contributed by atoms with Gasteiger partial charge in [-0.25, -0.2) is 0 Å². The van der Waals surface area contributed by atoms with Crippen LogP contribution in [0.5, 0.6) is 11.5 Å². The van der Waals surface area contributed by atoms with Crippen molar-refractivity contribution in [3.63, 3.8) is 0 Å². The fraction of sp³-hybridized carbons (Fsp3) is 0.571. The quantitative estimate of drug-likeness (QED) is 0.619. The smallest absolute Gasteiger partial charge is 0.391 e. The number of hydrogen-bond acceptors (Lipinski definition) is 4. The van der Waals surface area contributed by atoms with E-state index in [2.05, 4.69) is 0 Å². The lowest BCUT2D eigenvalue weighted by Gasteiger charge is -2.30. The third-order valence-corrected chi connectivity index (χ3v) is 3.74. The molecule has 0 heterocycles. The summed E-state index contributed by atoms with van der Waals surface area (Å²) in [5, 5.41) is 10.9. The lowest BCUT2D eigenvalue weighted by atomic mass is 9.87. The van der Waals surface area contributed by atoms with Gasteiger partial charge in [0, 0.05) is 0 Å². The van der Waals surface area contributed by atoms with Gasteiger partial charge in [0.15, 0.2) is 5.75 Å². The predicted octanol–water partition coefficient (Wildman–Crippen LogP) is 4.10. The summed E-state index contributed by atoms with van der Waals surface area (Å²) in [5.41, 5.74) is -0.275. The first kappa shape index (κ1) is 16.4. The van der Waals surface area contributed by atoms with E-state index in [-0.39, 0.29) is 30.0 Å². The van der Waals surface area contributed by atoms with Crippen LogP contribution in [0.15, 0.2) is 18.2 Å². The predicted molar refractivity (Wildman–Crippen MR) is 72.1 cm³/mol. The Bertz CT molecular complexity index is 547. The standard InChI is InChI=1S/C14H16F3NO4/c1-21-13-6-5-11(8-12(13)18(19)20)22-10-4-2-3-9(7-10)14(15,16)17/h5-6,8-10H,2-4,7H2,1H3. The van der Waals surface area contributed by atoms with Crippen LogP contribution in [0, 0.1) is 16.0 Å². The zero-order valence-corrected chi connectivity index (χ0v) is 11.9. The van der Waals surface area contributed by atoms with E-state index in [1.165, 1.54) is 25.3 Å². The summed E-state index contributed by atoms with van der Waals surface area (Å²) in [5.74, 6) is -1.12. The minimum absolute atomic E-state index is 0.0779. The van der Waals surface area contributed by atoms with E-state index in [0.29, 0.717) is 12.8 Å². The number of ether oxygens (including phenoxy) is 2. The number of halogens is 3. The molecule has 0 aromatic heterocycles. The molecule has 8 heteroatoms. The molecule has 122 valence electrons. The number of nitro groups is 1. The van der Waals surface area contributed by atoms with Gasteiger partial charge < -0.3 is 9.47 Å². The maximum Gasteiger partial charge on any atom is 0.391 e. The Balaban J connectivity index is 2.10. The summed E-state index contributed by atoms with van der Waals surface area (Å²) in [7, 11) is 1.30. The Kier molecular flexibility index (Phi) is 4.77. The Morgan fingerprint density at radius 2 is 2.05 bits per heavy atom. The molecule has 1 saturated carbocycles. The first-order valence-corrected chi connectivity index (χ1v) is 6.87. The van der Waals surface area contributed by atoms with E-state index in [1.807, 2.05) is 0 Å². The molecular formula is C14H16F3NO4. The molecule has 2 unspecified atom stereocenters. The molecule has 1 aromatic carbocycles. The number of methoxy groups -OCH3 is 1. The number of alkyl halides is 3. The minimum Gasteiger partial charge on any atom is -0.490 e. The average Bonchev–Trinajstić information content (AvgIpc) is 2.46. The topological polar surface area (TPSA) is 61.6 Å². The molecular weight excluding hydrogens is 303 g/mol. The second-order valence-electron chi connectivity index (χ2n) is 5.24. The number of benzene rings is 1. The number of hydrogen-bond donors (Lipinski definition) is 0. The molecule has 1 aromatic rings. The van der Waals surface area contributed by atoms with Gasteiger partial charge in [-0.2, -0.15) is 13.2 Å². The molecule has 2 atom stereocenters. The third-order valence-electron chi connectivity index (χ3n) is 3.74. The van der Waals surface area contributed by atoms with Gasteiger partial charge >= 0.3 is 11.9 Å². The zero-order chi connectivity index (χ0) is 16.3. The second-order valence-corrected chi connectivity index (χ2v) is 5.24. The highest BCUT2D eigenvalue weighted by Gasteiger charge is 2.42. The Labute approximate surface area is 125 Å². The maximum absolute atomic E-state index is 12.8. The number of nitro benzene ring substituents is 1. The van der Waals surface area contributed by atoms with Crippen molar-refractivity contribution in [2.45, 2.75) is 38.0 Å². The highest BCUT2D eigenvalue weighted by molar-refractivity contribution is 5.50. The maximum atomic E-state index is 12.8. The molecule has 0 N–H and O–H groups in total. The van der Waals surface area contributed by atoms with Crippen LogP contribution in [0.1, 0.15) is 25.7 Å². The lowest BCUT2D eigenvalue weighted by Crippen LogP contribution is -2.33. The first-order valence-electron chi connectivity index (χ1n) is 6.87. The fourth-order valence-electron chi connectivity index (χ4n) is 2.63. The van der Waals surface area contributed by atoms with Crippen molar-refractivity contribution in [2.75, 3.05) is 7.11 Å². The fourth-order valence-corrected chi connectivity index (χ4v) is 2.63. The van der Waals surface area contributed by atoms with Crippen molar-refractivity contribution >= 4 is 5.69 Å². The van der Waals surface area contributed by atoms with Crippen LogP contribution in [0.2, 0.25) is 0 Å². The summed E-state index contributed by atoms with van der Waals surface area (Å²) in [6, 6.07) is 4.01. The SMILES string of the molecule is COc1ccc(OC2CCCC(C(F)(F)F)C2)cc1[N+](=O)[O-]. The molecule has 0 saturated heterocycles. The molecule has 0 aliphatic heterocycles. The van der Waals surface area contributed by atoms with Gasteiger partial charge in [0.25, 0.3) is 0 Å². The van der Waals surface area contributed by atoms with Crippen molar-refractivity contribution in [1.29, 1.82) is 0 Å². The van der Waals surface area contributed by atoms with Crippen molar-refractivity contribution in [3.8, 4) is 11.5 Å². The van der Waals surface area contributed by atoms with E-state index in [0.717, 1.165) is 0 Å². The monoisotopic (exact) mass is 319 g/mol. The molecule has 1 aliphatic carbocycles. The van der Waals surface area contributed by atoms with Crippen molar-refractivity contribution in [3.05, 3.63) is 28.3 Å². The third kappa shape index (κ3) is 3.80. The van der Waals surface area contributed by atoms with E-state index in [1.54, 1.807) is 0 Å². The molecule has 0 radical (unpaired) electrons. The molecule has 0 bridgehead atoms. The Hall–Kier alpha value is -1.99. The van der Waals surface area contributed by atoms with E-state index in [9.17, 15) is 23.3 Å². The Morgan fingerprint density at radius 1 is 1.32 bits per heavy atom. The summed E-state index contributed by atoms with van der Waals surface area (Å²) in [6.45, 7) is 0. The summed E-state index contributed by atoms with van der Waals surface area (Å²) >= 11 is 0. The normalized spacial score (nSPS) is 22.2. The van der Waals surface area contributed by atoms with Gasteiger partial charge in [0.2, 0.25) is 0 Å². The van der Waals surface area contributed by atoms with Gasteiger partial charge in [0.05, 0.1) is 30.1 Å². The summed E-state index contributed by atoms with van der Waals surface area (Å²) in [4.78, 5) is 10.3. The molecule has 1 aliphatic rings. The van der Waals surface area contributed by atoms with Gasteiger partial charge in [-0.1, -0.05) is 0 Å². The van der Waals surface area contributed by atoms with E-state index in [4.69, 9.17) is 9.47 Å². The molecule has 5 nitrogen and oxygen atoms in total. The van der Waals surface area contributed by atoms with Crippen LogP contribution in [-0.2, 0) is 0 Å². The van der Waals surface area contributed by atoms with Crippen LogP contribution in [0.3, 0.4) is 0 Å². The zero-order valence-electron chi connectivity index (χ0n) is 11.9. The van der Waals surface area contributed by atoms with Crippen molar-refractivity contribution in [2.24, 2.45) is 5.92 Å². The van der Waals surface area contributed by atoms with E-state index >= 15 is 0 Å². The average molecular weight is 319 g/mol.